The lowest BCUT2D eigenvalue weighted by Gasteiger charge is -2.22. The van der Waals surface area contributed by atoms with Crippen molar-refractivity contribution in [2.24, 2.45) is 5.92 Å². The normalized spacial score (nSPS) is 13.2. The molecule has 0 fully saturated rings. The number of esters is 1. The van der Waals surface area contributed by atoms with Crippen LogP contribution in [0.15, 0.2) is 22.7 Å². The van der Waals surface area contributed by atoms with E-state index >= 15 is 0 Å². The van der Waals surface area contributed by atoms with Crippen molar-refractivity contribution in [3.8, 4) is 0 Å². The maximum atomic E-state index is 11.9. The summed E-state index contributed by atoms with van der Waals surface area (Å²) < 4.78 is 6.43. The minimum Gasteiger partial charge on any atom is -0.460 e. The predicted molar refractivity (Wildman–Crippen MR) is 77.6 cm³/mol. The third-order valence-corrected chi connectivity index (χ3v) is 3.31. The Morgan fingerprint density at radius 3 is 2.56 bits per heavy atom. The smallest absolute Gasteiger partial charge is 0.309 e. The van der Waals surface area contributed by atoms with Gasteiger partial charge in [0.25, 0.3) is 0 Å². The zero-order chi connectivity index (χ0) is 13.9. The summed E-state index contributed by atoms with van der Waals surface area (Å²) in [5.41, 5.74) is 1.92. The first-order chi connectivity index (χ1) is 8.19. The Bertz CT molecular complexity index is 433. The Morgan fingerprint density at radius 2 is 2.00 bits per heavy atom. The van der Waals surface area contributed by atoms with Gasteiger partial charge in [-0.15, -0.1) is 0 Å². The summed E-state index contributed by atoms with van der Waals surface area (Å²) in [5, 5.41) is 0. The summed E-state index contributed by atoms with van der Waals surface area (Å²) >= 11 is 3.52. The quantitative estimate of drug-likeness (QED) is 0.779. The Labute approximate surface area is 118 Å². The van der Waals surface area contributed by atoms with Crippen molar-refractivity contribution in [2.45, 2.75) is 46.6 Å². The van der Waals surface area contributed by atoms with Crippen LogP contribution in [-0.4, -0.2) is 11.6 Å². The van der Waals surface area contributed by atoms with E-state index < -0.39 is 5.60 Å². The molecule has 100 valence electrons. The minimum absolute atomic E-state index is 0.137. The first-order valence-electron chi connectivity index (χ1n) is 6.17. The highest BCUT2D eigenvalue weighted by molar-refractivity contribution is 9.10. The second-order valence-electron chi connectivity index (χ2n) is 5.73. The standard InChI is InChI=1S/C15H21BrO2/c1-10-6-7-13(16)12(8-10)9-11(2)14(17)18-15(3,4)5/h6-8,11H,9H2,1-5H3. The molecule has 0 amide bonds. The molecule has 1 aromatic carbocycles. The van der Waals surface area contributed by atoms with Crippen molar-refractivity contribution in [1.82, 2.24) is 0 Å². The summed E-state index contributed by atoms with van der Waals surface area (Å²) in [7, 11) is 0. The fraction of sp³-hybridized carbons (Fsp3) is 0.533. The number of rotatable bonds is 3. The van der Waals surface area contributed by atoms with Gasteiger partial charge in [-0.3, -0.25) is 4.79 Å². The van der Waals surface area contributed by atoms with Crippen molar-refractivity contribution >= 4 is 21.9 Å². The van der Waals surface area contributed by atoms with Crippen molar-refractivity contribution < 1.29 is 9.53 Å². The summed E-state index contributed by atoms with van der Waals surface area (Å²) in [5.74, 6) is -0.279. The lowest BCUT2D eigenvalue weighted by atomic mass is 9.99. The molecule has 18 heavy (non-hydrogen) atoms. The van der Waals surface area contributed by atoms with Crippen LogP contribution < -0.4 is 0 Å². The molecule has 0 aliphatic carbocycles. The molecular formula is C15H21BrO2. The van der Waals surface area contributed by atoms with Crippen molar-refractivity contribution in [3.05, 3.63) is 33.8 Å². The number of benzene rings is 1. The molecule has 0 aromatic heterocycles. The van der Waals surface area contributed by atoms with Gasteiger partial charge in [0.15, 0.2) is 0 Å². The average molecular weight is 313 g/mol. The van der Waals surface area contributed by atoms with Crippen LogP contribution in [0.2, 0.25) is 0 Å². The Morgan fingerprint density at radius 1 is 1.39 bits per heavy atom. The first-order valence-corrected chi connectivity index (χ1v) is 6.96. The lowest BCUT2D eigenvalue weighted by molar-refractivity contribution is -0.159. The zero-order valence-corrected chi connectivity index (χ0v) is 13.3. The minimum atomic E-state index is -0.421. The molecule has 0 bridgehead atoms. The summed E-state index contributed by atoms with van der Waals surface area (Å²) in [6.07, 6.45) is 0.692. The van der Waals surface area contributed by atoms with Gasteiger partial charge in [-0.25, -0.2) is 0 Å². The van der Waals surface area contributed by atoms with E-state index in [1.807, 2.05) is 46.8 Å². The van der Waals surface area contributed by atoms with Crippen LogP contribution in [0.4, 0.5) is 0 Å². The molecule has 0 heterocycles. The van der Waals surface area contributed by atoms with Crippen LogP contribution in [0.5, 0.6) is 0 Å². The van der Waals surface area contributed by atoms with E-state index in [1.54, 1.807) is 0 Å². The highest BCUT2D eigenvalue weighted by atomic mass is 79.9. The molecule has 0 saturated carbocycles. The van der Waals surface area contributed by atoms with Gasteiger partial charge in [-0.2, -0.15) is 0 Å². The number of halogens is 1. The molecule has 3 heteroatoms. The Balaban J connectivity index is 2.72. The van der Waals surface area contributed by atoms with Crippen LogP contribution >= 0.6 is 15.9 Å². The SMILES string of the molecule is Cc1ccc(Br)c(CC(C)C(=O)OC(C)(C)C)c1. The number of ether oxygens (including phenoxy) is 1. The highest BCUT2D eigenvalue weighted by Gasteiger charge is 2.22. The van der Waals surface area contributed by atoms with E-state index in [0.29, 0.717) is 6.42 Å². The molecule has 0 spiro atoms. The number of carbonyl (C=O) groups excluding carboxylic acids is 1. The van der Waals surface area contributed by atoms with E-state index in [9.17, 15) is 4.79 Å². The van der Waals surface area contributed by atoms with E-state index in [0.717, 1.165) is 10.0 Å². The van der Waals surface area contributed by atoms with Gasteiger partial charge >= 0.3 is 5.97 Å². The first kappa shape index (κ1) is 15.2. The highest BCUT2D eigenvalue weighted by Crippen LogP contribution is 2.22. The number of aryl methyl sites for hydroxylation is 1. The van der Waals surface area contributed by atoms with Crippen LogP contribution in [0.25, 0.3) is 0 Å². The molecule has 1 unspecified atom stereocenters. The maximum absolute atomic E-state index is 11.9. The fourth-order valence-electron chi connectivity index (χ4n) is 1.68. The van der Waals surface area contributed by atoms with Crippen LogP contribution in [0, 0.1) is 12.8 Å². The van der Waals surface area contributed by atoms with Gasteiger partial charge in [0.05, 0.1) is 5.92 Å². The predicted octanol–water partition coefficient (Wildman–Crippen LogP) is 4.28. The van der Waals surface area contributed by atoms with Crippen molar-refractivity contribution in [2.75, 3.05) is 0 Å². The van der Waals surface area contributed by atoms with E-state index in [2.05, 4.69) is 22.0 Å². The second kappa shape index (κ2) is 5.87. The monoisotopic (exact) mass is 312 g/mol. The van der Waals surface area contributed by atoms with Crippen molar-refractivity contribution in [1.29, 1.82) is 0 Å². The van der Waals surface area contributed by atoms with Gasteiger partial charge in [-0.05, 0) is 45.7 Å². The van der Waals surface area contributed by atoms with E-state index in [1.165, 1.54) is 5.56 Å². The van der Waals surface area contributed by atoms with Gasteiger partial charge in [0, 0.05) is 4.47 Å². The molecule has 0 radical (unpaired) electrons. The van der Waals surface area contributed by atoms with E-state index in [4.69, 9.17) is 4.74 Å². The van der Waals surface area contributed by atoms with Gasteiger partial charge in [0.1, 0.15) is 5.60 Å². The van der Waals surface area contributed by atoms with Crippen LogP contribution in [-0.2, 0) is 16.0 Å². The maximum Gasteiger partial charge on any atom is 0.309 e. The largest absolute Gasteiger partial charge is 0.460 e. The molecule has 0 N–H and O–H groups in total. The lowest BCUT2D eigenvalue weighted by Crippen LogP contribution is -2.28. The van der Waals surface area contributed by atoms with Crippen LogP contribution in [0.3, 0.4) is 0 Å². The van der Waals surface area contributed by atoms with Crippen molar-refractivity contribution in [3.63, 3.8) is 0 Å². The topological polar surface area (TPSA) is 26.3 Å². The average Bonchev–Trinajstić information content (AvgIpc) is 2.21. The van der Waals surface area contributed by atoms with Gasteiger partial charge < -0.3 is 4.74 Å². The third-order valence-electron chi connectivity index (χ3n) is 2.54. The number of carbonyl (C=O) groups is 1. The fourth-order valence-corrected chi connectivity index (χ4v) is 2.08. The molecule has 1 aromatic rings. The molecule has 0 aliphatic heterocycles. The summed E-state index contributed by atoms with van der Waals surface area (Å²) in [6.45, 7) is 9.62. The zero-order valence-electron chi connectivity index (χ0n) is 11.7. The van der Waals surface area contributed by atoms with Gasteiger partial charge in [-0.1, -0.05) is 40.5 Å². The van der Waals surface area contributed by atoms with E-state index in [-0.39, 0.29) is 11.9 Å². The van der Waals surface area contributed by atoms with Crippen LogP contribution in [0.1, 0.15) is 38.8 Å². The molecule has 0 aliphatic rings. The molecule has 2 nitrogen and oxygen atoms in total. The molecule has 0 saturated heterocycles. The molecule has 1 atom stereocenters. The number of hydrogen-bond acceptors (Lipinski definition) is 2. The Kier molecular flexibility index (Phi) is 4.97. The summed E-state index contributed by atoms with van der Waals surface area (Å²) in [6, 6.07) is 6.17. The number of hydrogen-bond donors (Lipinski definition) is 0. The summed E-state index contributed by atoms with van der Waals surface area (Å²) in [4.78, 5) is 11.9. The third kappa shape index (κ3) is 4.81. The molecular weight excluding hydrogens is 292 g/mol. The molecule has 1 rings (SSSR count). The Hall–Kier alpha value is -0.830. The van der Waals surface area contributed by atoms with Gasteiger partial charge in [0.2, 0.25) is 0 Å². The second-order valence-corrected chi connectivity index (χ2v) is 6.59.